The SMILES string of the molecule is COc1cc(OC)cc(C(=O)OCCn2nc(C)cc2C)c1. The molecular weight excluding hydrogens is 284 g/mol. The van der Waals surface area contributed by atoms with E-state index >= 15 is 0 Å². The molecule has 0 saturated carbocycles. The molecule has 0 N–H and O–H groups in total. The third-order valence-electron chi connectivity index (χ3n) is 3.23. The fourth-order valence-electron chi connectivity index (χ4n) is 2.13. The van der Waals surface area contributed by atoms with Gasteiger partial charge in [-0.15, -0.1) is 0 Å². The summed E-state index contributed by atoms with van der Waals surface area (Å²) >= 11 is 0. The summed E-state index contributed by atoms with van der Waals surface area (Å²) in [5.74, 6) is 0.674. The lowest BCUT2D eigenvalue weighted by molar-refractivity contribution is 0.0486. The molecule has 1 aromatic heterocycles. The Labute approximate surface area is 129 Å². The summed E-state index contributed by atoms with van der Waals surface area (Å²) in [7, 11) is 3.07. The Hall–Kier alpha value is -2.50. The molecule has 0 aliphatic rings. The van der Waals surface area contributed by atoms with Crippen LogP contribution in [-0.4, -0.2) is 36.6 Å². The number of carbonyl (C=O) groups excluding carboxylic acids is 1. The number of ether oxygens (including phenoxy) is 3. The molecule has 0 unspecified atom stereocenters. The lowest BCUT2D eigenvalue weighted by Gasteiger charge is -2.09. The summed E-state index contributed by atoms with van der Waals surface area (Å²) in [5, 5.41) is 4.32. The van der Waals surface area contributed by atoms with Crippen LogP contribution in [0.1, 0.15) is 21.7 Å². The molecule has 0 amide bonds. The summed E-state index contributed by atoms with van der Waals surface area (Å²) in [6.45, 7) is 4.67. The first-order valence-electron chi connectivity index (χ1n) is 6.94. The van der Waals surface area contributed by atoms with Crippen LogP contribution in [0.4, 0.5) is 0 Å². The van der Waals surface area contributed by atoms with E-state index in [2.05, 4.69) is 5.10 Å². The van der Waals surface area contributed by atoms with Crippen molar-refractivity contribution in [2.45, 2.75) is 20.4 Å². The van der Waals surface area contributed by atoms with Crippen LogP contribution in [-0.2, 0) is 11.3 Å². The lowest BCUT2D eigenvalue weighted by atomic mass is 10.2. The van der Waals surface area contributed by atoms with Gasteiger partial charge >= 0.3 is 5.97 Å². The fourth-order valence-corrected chi connectivity index (χ4v) is 2.13. The van der Waals surface area contributed by atoms with E-state index < -0.39 is 5.97 Å². The summed E-state index contributed by atoms with van der Waals surface area (Å²) in [5.41, 5.74) is 2.38. The molecule has 0 saturated heterocycles. The Kier molecular flexibility index (Phi) is 5.04. The maximum Gasteiger partial charge on any atom is 0.338 e. The molecule has 1 heterocycles. The van der Waals surface area contributed by atoms with Gasteiger partial charge in [-0.3, -0.25) is 4.68 Å². The first kappa shape index (κ1) is 15.9. The normalized spacial score (nSPS) is 10.4. The zero-order valence-corrected chi connectivity index (χ0v) is 13.3. The number of hydrogen-bond donors (Lipinski definition) is 0. The Morgan fingerprint density at radius 2 is 1.73 bits per heavy atom. The average Bonchev–Trinajstić information content (AvgIpc) is 2.84. The smallest absolute Gasteiger partial charge is 0.338 e. The molecule has 0 aliphatic carbocycles. The average molecular weight is 304 g/mol. The van der Waals surface area contributed by atoms with Crippen molar-refractivity contribution in [2.24, 2.45) is 0 Å². The summed E-state index contributed by atoms with van der Waals surface area (Å²) in [4.78, 5) is 12.1. The third-order valence-corrected chi connectivity index (χ3v) is 3.23. The van der Waals surface area contributed by atoms with Crippen LogP contribution in [0.3, 0.4) is 0 Å². The molecule has 1 aromatic carbocycles. The largest absolute Gasteiger partial charge is 0.497 e. The number of benzene rings is 1. The first-order chi connectivity index (χ1) is 10.5. The number of methoxy groups -OCH3 is 2. The number of aryl methyl sites for hydroxylation is 2. The molecule has 118 valence electrons. The highest BCUT2D eigenvalue weighted by Crippen LogP contribution is 2.22. The predicted molar refractivity (Wildman–Crippen MR) is 81.5 cm³/mol. The van der Waals surface area contributed by atoms with E-state index in [1.54, 1.807) is 18.2 Å². The minimum absolute atomic E-state index is 0.250. The number of carbonyl (C=O) groups is 1. The zero-order chi connectivity index (χ0) is 16.1. The topological polar surface area (TPSA) is 62.6 Å². The lowest BCUT2D eigenvalue weighted by Crippen LogP contribution is -2.13. The van der Waals surface area contributed by atoms with Gasteiger partial charge in [-0.05, 0) is 32.0 Å². The minimum Gasteiger partial charge on any atom is -0.497 e. The molecule has 2 aromatic rings. The standard InChI is InChI=1S/C16H20N2O4/c1-11-7-12(2)18(17-11)5-6-22-16(19)13-8-14(20-3)10-15(9-13)21-4/h7-10H,5-6H2,1-4H3. The van der Waals surface area contributed by atoms with Crippen molar-refractivity contribution in [1.29, 1.82) is 0 Å². The maximum absolute atomic E-state index is 12.1. The van der Waals surface area contributed by atoms with Gasteiger partial charge < -0.3 is 14.2 Å². The quantitative estimate of drug-likeness (QED) is 0.767. The molecule has 0 bridgehead atoms. The Morgan fingerprint density at radius 1 is 1.09 bits per heavy atom. The number of esters is 1. The van der Waals surface area contributed by atoms with Crippen LogP contribution in [0, 0.1) is 13.8 Å². The molecular formula is C16H20N2O4. The molecule has 0 atom stereocenters. The predicted octanol–water partition coefficient (Wildman–Crippen LogP) is 2.37. The second kappa shape index (κ2) is 6.98. The second-order valence-corrected chi connectivity index (χ2v) is 4.89. The van der Waals surface area contributed by atoms with E-state index in [0.29, 0.717) is 23.6 Å². The number of aromatic nitrogens is 2. The fraction of sp³-hybridized carbons (Fsp3) is 0.375. The highest BCUT2D eigenvalue weighted by molar-refractivity contribution is 5.90. The van der Waals surface area contributed by atoms with Gasteiger partial charge in [0.15, 0.2) is 0 Å². The van der Waals surface area contributed by atoms with Crippen LogP contribution in [0.15, 0.2) is 24.3 Å². The summed E-state index contributed by atoms with van der Waals surface area (Å²) < 4.78 is 17.4. The van der Waals surface area contributed by atoms with Crippen LogP contribution >= 0.6 is 0 Å². The van der Waals surface area contributed by atoms with Gasteiger partial charge in [-0.2, -0.15) is 5.10 Å². The van der Waals surface area contributed by atoms with Crippen molar-refractivity contribution in [3.05, 3.63) is 41.2 Å². The highest BCUT2D eigenvalue weighted by atomic mass is 16.5. The van der Waals surface area contributed by atoms with Gasteiger partial charge in [0.2, 0.25) is 0 Å². The van der Waals surface area contributed by atoms with E-state index in [0.717, 1.165) is 11.4 Å². The van der Waals surface area contributed by atoms with Gasteiger partial charge in [0.1, 0.15) is 18.1 Å². The Morgan fingerprint density at radius 3 is 2.23 bits per heavy atom. The van der Waals surface area contributed by atoms with E-state index in [1.165, 1.54) is 14.2 Å². The van der Waals surface area contributed by atoms with Crippen molar-refractivity contribution < 1.29 is 19.0 Å². The second-order valence-electron chi connectivity index (χ2n) is 4.89. The van der Waals surface area contributed by atoms with Crippen LogP contribution in [0.25, 0.3) is 0 Å². The number of nitrogens with zero attached hydrogens (tertiary/aromatic N) is 2. The van der Waals surface area contributed by atoms with E-state index in [-0.39, 0.29) is 6.61 Å². The number of rotatable bonds is 6. The van der Waals surface area contributed by atoms with E-state index in [4.69, 9.17) is 14.2 Å². The van der Waals surface area contributed by atoms with Gasteiger partial charge in [-0.25, -0.2) is 4.79 Å². The van der Waals surface area contributed by atoms with Crippen LogP contribution < -0.4 is 9.47 Å². The van der Waals surface area contributed by atoms with Gasteiger partial charge in [-0.1, -0.05) is 0 Å². The third kappa shape index (κ3) is 3.78. The van der Waals surface area contributed by atoms with Gasteiger partial charge in [0, 0.05) is 11.8 Å². The van der Waals surface area contributed by atoms with Crippen molar-refractivity contribution in [3.8, 4) is 11.5 Å². The molecule has 0 radical (unpaired) electrons. The summed E-state index contributed by atoms with van der Waals surface area (Å²) in [6, 6.07) is 6.92. The molecule has 22 heavy (non-hydrogen) atoms. The van der Waals surface area contributed by atoms with Crippen molar-refractivity contribution in [3.63, 3.8) is 0 Å². The van der Waals surface area contributed by atoms with Crippen LogP contribution in [0.2, 0.25) is 0 Å². The minimum atomic E-state index is -0.418. The Balaban J connectivity index is 1.98. The summed E-state index contributed by atoms with van der Waals surface area (Å²) in [6.07, 6.45) is 0. The molecule has 2 rings (SSSR count). The maximum atomic E-state index is 12.1. The van der Waals surface area contributed by atoms with Crippen molar-refractivity contribution in [2.75, 3.05) is 20.8 Å². The molecule has 6 heteroatoms. The molecule has 6 nitrogen and oxygen atoms in total. The number of hydrogen-bond acceptors (Lipinski definition) is 5. The zero-order valence-electron chi connectivity index (χ0n) is 13.3. The van der Waals surface area contributed by atoms with Crippen LogP contribution in [0.5, 0.6) is 11.5 Å². The van der Waals surface area contributed by atoms with Crippen molar-refractivity contribution >= 4 is 5.97 Å². The molecule has 0 spiro atoms. The van der Waals surface area contributed by atoms with E-state index in [1.807, 2.05) is 24.6 Å². The Bertz CT molecular complexity index is 642. The van der Waals surface area contributed by atoms with Crippen molar-refractivity contribution in [1.82, 2.24) is 9.78 Å². The monoisotopic (exact) mass is 304 g/mol. The first-order valence-corrected chi connectivity index (χ1v) is 6.94. The van der Waals surface area contributed by atoms with Gasteiger partial charge in [0.25, 0.3) is 0 Å². The van der Waals surface area contributed by atoms with Gasteiger partial charge in [0.05, 0.1) is 32.0 Å². The molecule has 0 fully saturated rings. The molecule has 0 aliphatic heterocycles. The highest BCUT2D eigenvalue weighted by Gasteiger charge is 2.11. The van der Waals surface area contributed by atoms with E-state index in [9.17, 15) is 4.79 Å².